The summed E-state index contributed by atoms with van der Waals surface area (Å²) in [5.74, 6) is 0. The van der Waals surface area contributed by atoms with E-state index >= 15 is 0 Å². The molecule has 0 unspecified atom stereocenters. The third-order valence-electron chi connectivity index (χ3n) is 3.92. The van der Waals surface area contributed by atoms with Crippen molar-refractivity contribution in [3.8, 4) is 0 Å². The lowest BCUT2D eigenvalue weighted by atomic mass is 10.3. The molecule has 1 N–H and O–H groups in total. The minimum Gasteiger partial charge on any atom is -0.329 e. The van der Waals surface area contributed by atoms with Crippen LogP contribution in [0, 0.1) is 0 Å². The lowest BCUT2D eigenvalue weighted by Crippen LogP contribution is -3.13. The second-order valence-electron chi connectivity index (χ2n) is 5.42. The van der Waals surface area contributed by atoms with E-state index < -0.39 is 10.0 Å². The number of rotatable bonds is 4. The molecule has 0 atom stereocenters. The van der Waals surface area contributed by atoms with Gasteiger partial charge in [0.25, 0.3) is 0 Å². The second-order valence-corrected chi connectivity index (χ2v) is 8.57. The van der Waals surface area contributed by atoms with Gasteiger partial charge in [0.2, 0.25) is 10.0 Å². The number of quaternary nitrogens is 1. The van der Waals surface area contributed by atoms with Gasteiger partial charge in [-0.1, -0.05) is 11.6 Å². The van der Waals surface area contributed by atoms with Gasteiger partial charge in [-0.05, 0) is 41.1 Å². The molecule has 2 heterocycles. The van der Waals surface area contributed by atoms with Gasteiger partial charge in [-0.15, -0.1) is 0 Å². The molecular weight excluding hydrogens is 340 g/mol. The third-order valence-corrected chi connectivity index (χ3v) is 6.81. The van der Waals surface area contributed by atoms with Crippen LogP contribution in [0.4, 0.5) is 0 Å². The molecule has 1 fully saturated rings. The lowest BCUT2D eigenvalue weighted by molar-refractivity contribution is -0.917. The summed E-state index contributed by atoms with van der Waals surface area (Å²) in [7, 11) is -3.40. The van der Waals surface area contributed by atoms with Crippen LogP contribution in [0.5, 0.6) is 0 Å². The topological polar surface area (TPSA) is 41.8 Å². The molecule has 7 heteroatoms. The first-order valence-electron chi connectivity index (χ1n) is 7.16. The molecule has 0 spiro atoms. The Morgan fingerprint density at radius 1 is 1.14 bits per heavy atom. The number of sulfonamides is 1. The van der Waals surface area contributed by atoms with E-state index in [1.807, 2.05) is 0 Å². The summed E-state index contributed by atoms with van der Waals surface area (Å²) >= 11 is 7.52. The van der Waals surface area contributed by atoms with Gasteiger partial charge >= 0.3 is 0 Å². The zero-order valence-corrected chi connectivity index (χ0v) is 14.4. The van der Waals surface area contributed by atoms with E-state index in [0.717, 1.165) is 19.6 Å². The summed E-state index contributed by atoms with van der Waals surface area (Å²) in [6.07, 6.45) is 0. The standard InChI is InChI=1S/C15H17ClN2O2S2/c16-14-1-3-15(4-2-14)22(19,20)18-8-6-17(7-9-18)11-13-5-10-21-12-13/h1-5,10,12H,6-9,11H2/p+1. The number of hydrogen-bond donors (Lipinski definition) is 1. The van der Waals surface area contributed by atoms with Gasteiger partial charge in [-0.3, -0.25) is 0 Å². The fraction of sp³-hybridized carbons (Fsp3) is 0.333. The molecule has 1 aliphatic heterocycles. The normalized spacial score (nSPS) is 17.7. The molecule has 2 aromatic rings. The lowest BCUT2D eigenvalue weighted by Gasteiger charge is -2.31. The molecule has 22 heavy (non-hydrogen) atoms. The minimum atomic E-state index is -3.40. The first-order valence-corrected chi connectivity index (χ1v) is 9.92. The fourth-order valence-corrected chi connectivity index (χ4v) is 4.89. The Balaban J connectivity index is 1.64. The van der Waals surface area contributed by atoms with Crippen molar-refractivity contribution in [2.75, 3.05) is 26.2 Å². The predicted octanol–water partition coefficient (Wildman–Crippen LogP) is 1.49. The monoisotopic (exact) mass is 357 g/mol. The summed E-state index contributed by atoms with van der Waals surface area (Å²) in [5, 5.41) is 4.78. The molecule has 118 valence electrons. The van der Waals surface area contributed by atoms with Gasteiger partial charge in [-0.2, -0.15) is 15.6 Å². The minimum absolute atomic E-state index is 0.318. The number of nitrogens with one attached hydrogen (secondary N) is 1. The Morgan fingerprint density at radius 2 is 1.82 bits per heavy atom. The van der Waals surface area contributed by atoms with Crippen LogP contribution in [0.3, 0.4) is 0 Å². The molecule has 1 saturated heterocycles. The third kappa shape index (κ3) is 3.52. The number of hydrogen-bond acceptors (Lipinski definition) is 3. The maximum absolute atomic E-state index is 12.6. The van der Waals surface area contributed by atoms with Gasteiger partial charge < -0.3 is 4.90 Å². The summed E-state index contributed by atoms with van der Waals surface area (Å²) in [5.41, 5.74) is 1.33. The molecule has 0 saturated carbocycles. The number of benzene rings is 1. The van der Waals surface area contributed by atoms with Crippen LogP contribution in [0.25, 0.3) is 0 Å². The van der Waals surface area contributed by atoms with E-state index in [-0.39, 0.29) is 0 Å². The Bertz CT molecular complexity index is 707. The SMILES string of the molecule is O=S(=O)(c1ccc(Cl)cc1)N1CC[NH+](Cc2ccsc2)CC1. The van der Waals surface area contributed by atoms with Crippen molar-refractivity contribution in [3.63, 3.8) is 0 Å². The Morgan fingerprint density at radius 3 is 2.41 bits per heavy atom. The summed E-state index contributed by atoms with van der Waals surface area (Å²) in [6, 6.07) is 8.51. The van der Waals surface area contributed by atoms with E-state index in [2.05, 4.69) is 16.8 Å². The Hall–Kier alpha value is -0.920. The number of halogens is 1. The smallest absolute Gasteiger partial charge is 0.243 e. The summed E-state index contributed by atoms with van der Waals surface area (Å²) in [6.45, 7) is 3.76. The van der Waals surface area contributed by atoms with Crippen LogP contribution in [0.1, 0.15) is 5.56 Å². The first kappa shape index (κ1) is 16.0. The molecule has 1 aliphatic rings. The quantitative estimate of drug-likeness (QED) is 0.900. The fourth-order valence-electron chi connectivity index (χ4n) is 2.66. The highest BCUT2D eigenvalue weighted by Crippen LogP contribution is 2.18. The molecule has 0 radical (unpaired) electrons. The zero-order chi connectivity index (χ0) is 15.6. The van der Waals surface area contributed by atoms with Crippen molar-refractivity contribution in [2.24, 2.45) is 0 Å². The van der Waals surface area contributed by atoms with E-state index in [9.17, 15) is 8.42 Å². The second kappa shape index (κ2) is 6.68. The Labute approximate surface area is 140 Å². The van der Waals surface area contributed by atoms with Gasteiger partial charge in [0.15, 0.2) is 0 Å². The average molecular weight is 358 g/mol. The van der Waals surface area contributed by atoms with E-state index in [4.69, 9.17) is 11.6 Å². The zero-order valence-electron chi connectivity index (χ0n) is 12.0. The molecule has 1 aromatic heterocycles. The van der Waals surface area contributed by atoms with Crippen LogP contribution >= 0.6 is 22.9 Å². The number of thiophene rings is 1. The number of piperazine rings is 1. The van der Waals surface area contributed by atoms with E-state index in [1.54, 1.807) is 39.9 Å². The highest BCUT2D eigenvalue weighted by Gasteiger charge is 2.30. The van der Waals surface area contributed by atoms with Crippen molar-refractivity contribution >= 4 is 33.0 Å². The molecule has 1 aromatic carbocycles. The van der Waals surface area contributed by atoms with Crippen LogP contribution in [0.15, 0.2) is 46.0 Å². The van der Waals surface area contributed by atoms with Crippen LogP contribution < -0.4 is 4.90 Å². The Kier molecular flexibility index (Phi) is 4.84. The summed E-state index contributed by atoms with van der Waals surface area (Å²) < 4.78 is 26.8. The number of nitrogens with zero attached hydrogens (tertiary/aromatic N) is 1. The molecule has 0 amide bonds. The van der Waals surface area contributed by atoms with Gasteiger partial charge in [0.05, 0.1) is 31.1 Å². The predicted molar refractivity (Wildman–Crippen MR) is 88.9 cm³/mol. The van der Waals surface area contributed by atoms with Gasteiger partial charge in [-0.25, -0.2) is 8.42 Å². The van der Waals surface area contributed by atoms with Gasteiger partial charge in [0, 0.05) is 10.6 Å². The van der Waals surface area contributed by atoms with Crippen molar-refractivity contribution in [1.29, 1.82) is 0 Å². The highest BCUT2D eigenvalue weighted by atomic mass is 35.5. The summed E-state index contributed by atoms with van der Waals surface area (Å²) in [4.78, 5) is 1.75. The van der Waals surface area contributed by atoms with Crippen LogP contribution in [-0.4, -0.2) is 38.9 Å². The van der Waals surface area contributed by atoms with Crippen molar-refractivity contribution in [2.45, 2.75) is 11.4 Å². The maximum atomic E-state index is 12.6. The van der Waals surface area contributed by atoms with Crippen LogP contribution in [0.2, 0.25) is 5.02 Å². The van der Waals surface area contributed by atoms with E-state index in [1.165, 1.54) is 10.5 Å². The van der Waals surface area contributed by atoms with Crippen molar-refractivity contribution < 1.29 is 13.3 Å². The van der Waals surface area contributed by atoms with Crippen molar-refractivity contribution in [3.05, 3.63) is 51.7 Å². The average Bonchev–Trinajstić information content (AvgIpc) is 3.01. The molecule has 0 bridgehead atoms. The highest BCUT2D eigenvalue weighted by molar-refractivity contribution is 7.89. The van der Waals surface area contributed by atoms with Crippen molar-refractivity contribution in [1.82, 2.24) is 4.31 Å². The largest absolute Gasteiger partial charge is 0.329 e. The maximum Gasteiger partial charge on any atom is 0.243 e. The molecule has 0 aliphatic carbocycles. The molecule has 4 nitrogen and oxygen atoms in total. The molecular formula is C15H18ClN2O2S2+. The molecule has 3 rings (SSSR count). The van der Waals surface area contributed by atoms with E-state index in [0.29, 0.717) is 23.0 Å². The van der Waals surface area contributed by atoms with Crippen LogP contribution in [-0.2, 0) is 16.6 Å². The van der Waals surface area contributed by atoms with Gasteiger partial charge in [0.1, 0.15) is 6.54 Å². The first-order chi connectivity index (χ1) is 10.6.